The number of hydrogen-bond donors (Lipinski definition) is 3. The van der Waals surface area contributed by atoms with E-state index in [1.165, 1.54) is 24.3 Å². The maximum Gasteiger partial charge on any atom is 0.356 e. The summed E-state index contributed by atoms with van der Waals surface area (Å²) in [5, 5.41) is 0.713. The normalized spacial score (nSPS) is 11.6. The van der Waals surface area contributed by atoms with Crippen LogP contribution in [0.3, 0.4) is 0 Å². The Balaban J connectivity index is 2.92. The van der Waals surface area contributed by atoms with Crippen molar-refractivity contribution >= 4 is 35.6 Å². The van der Waals surface area contributed by atoms with Gasteiger partial charge < -0.3 is 15.5 Å². The molecule has 0 aromatic heterocycles. The number of aldehydes is 1. The summed E-state index contributed by atoms with van der Waals surface area (Å²) in [7, 11) is -4.39. The van der Waals surface area contributed by atoms with E-state index in [2.05, 4.69) is 0 Å². The van der Waals surface area contributed by atoms with Gasteiger partial charge in [-0.3, -0.25) is 9.36 Å². The Morgan fingerprint density at radius 2 is 1.88 bits per heavy atom. The number of nitrogens with two attached hydrogens (primary N) is 1. The summed E-state index contributed by atoms with van der Waals surface area (Å²) in [6.45, 7) is 0. The van der Waals surface area contributed by atoms with E-state index in [1.54, 1.807) is 6.07 Å². The van der Waals surface area contributed by atoms with Gasteiger partial charge in [-0.15, -0.1) is 0 Å². The third-order valence-electron chi connectivity index (χ3n) is 2.48. The molecule has 88 valence electrons. The van der Waals surface area contributed by atoms with Gasteiger partial charge in [0.1, 0.15) is 6.29 Å². The summed E-state index contributed by atoms with van der Waals surface area (Å²) >= 11 is 0. The molecule has 6 heteroatoms. The van der Waals surface area contributed by atoms with Gasteiger partial charge in [0.2, 0.25) is 0 Å². The van der Waals surface area contributed by atoms with Crippen molar-refractivity contribution < 1.29 is 19.1 Å². The Morgan fingerprint density at radius 3 is 2.47 bits per heavy atom. The van der Waals surface area contributed by atoms with Crippen LogP contribution in [0.4, 0.5) is 5.69 Å². The van der Waals surface area contributed by atoms with E-state index in [0.717, 1.165) is 0 Å². The van der Waals surface area contributed by atoms with E-state index in [4.69, 9.17) is 5.73 Å². The second-order valence-electron chi connectivity index (χ2n) is 3.64. The molecule has 0 aliphatic carbocycles. The third-order valence-corrected chi connectivity index (χ3v) is 3.49. The van der Waals surface area contributed by atoms with Gasteiger partial charge in [0.25, 0.3) is 0 Å². The molecular weight excluding hydrogens is 241 g/mol. The van der Waals surface area contributed by atoms with Crippen molar-refractivity contribution in [1.29, 1.82) is 0 Å². The van der Waals surface area contributed by atoms with Crippen molar-refractivity contribution in [2.24, 2.45) is 0 Å². The zero-order valence-electron chi connectivity index (χ0n) is 8.70. The molecule has 0 bridgehead atoms. The van der Waals surface area contributed by atoms with Crippen molar-refractivity contribution in [1.82, 2.24) is 0 Å². The predicted molar refractivity (Wildman–Crippen MR) is 65.4 cm³/mol. The Bertz CT molecular complexity index is 647. The van der Waals surface area contributed by atoms with E-state index in [0.29, 0.717) is 22.7 Å². The maximum atomic E-state index is 11.3. The van der Waals surface area contributed by atoms with Gasteiger partial charge in [-0.05, 0) is 23.6 Å². The van der Waals surface area contributed by atoms with E-state index in [9.17, 15) is 19.1 Å². The number of fused-ring (bicyclic) bond motifs is 1. The molecule has 0 saturated carbocycles. The van der Waals surface area contributed by atoms with Crippen LogP contribution in [0.1, 0.15) is 10.4 Å². The lowest BCUT2D eigenvalue weighted by Crippen LogP contribution is -2.06. The molecule has 5 nitrogen and oxygen atoms in total. The molecular formula is C11H10NO4P. The molecule has 2 rings (SSSR count). The van der Waals surface area contributed by atoms with Crippen LogP contribution in [0.5, 0.6) is 0 Å². The zero-order chi connectivity index (χ0) is 12.6. The van der Waals surface area contributed by atoms with Crippen LogP contribution in [-0.4, -0.2) is 16.1 Å². The molecule has 2 aromatic rings. The van der Waals surface area contributed by atoms with E-state index < -0.39 is 7.60 Å². The SMILES string of the molecule is Nc1cc(C=O)cc2c(P(=O)(O)O)cccc12. The minimum absolute atomic E-state index is 0.120. The third kappa shape index (κ3) is 2.08. The number of carbonyl (C=O) groups excluding carboxylic acids is 1. The Labute approximate surface area is 97.0 Å². The molecule has 0 aliphatic rings. The van der Waals surface area contributed by atoms with Crippen molar-refractivity contribution in [3.63, 3.8) is 0 Å². The van der Waals surface area contributed by atoms with Crippen molar-refractivity contribution in [3.05, 3.63) is 35.9 Å². The number of nitrogen functional groups attached to an aromatic ring is 1. The molecule has 0 unspecified atom stereocenters. The lowest BCUT2D eigenvalue weighted by atomic mass is 10.1. The predicted octanol–water partition coefficient (Wildman–Crippen LogP) is 1.04. The standard InChI is InChI=1S/C11H10NO4P/c12-10-5-7(6-13)4-9-8(10)2-1-3-11(9)17(14,15)16/h1-6H,12H2,(H2,14,15,16). The summed E-state index contributed by atoms with van der Waals surface area (Å²) in [4.78, 5) is 29.2. The summed E-state index contributed by atoms with van der Waals surface area (Å²) in [5.74, 6) is 0. The Hall–Kier alpha value is -1.68. The minimum Gasteiger partial charge on any atom is -0.398 e. The fourth-order valence-electron chi connectivity index (χ4n) is 1.74. The molecule has 0 saturated heterocycles. The van der Waals surface area contributed by atoms with Crippen LogP contribution in [0.2, 0.25) is 0 Å². The lowest BCUT2D eigenvalue weighted by molar-refractivity contribution is 0.112. The van der Waals surface area contributed by atoms with Crippen LogP contribution in [0, 0.1) is 0 Å². The number of benzene rings is 2. The van der Waals surface area contributed by atoms with Crippen LogP contribution >= 0.6 is 7.60 Å². The number of hydrogen-bond acceptors (Lipinski definition) is 3. The van der Waals surface area contributed by atoms with Gasteiger partial charge >= 0.3 is 7.60 Å². The monoisotopic (exact) mass is 251 g/mol. The Kier molecular flexibility index (Phi) is 2.75. The van der Waals surface area contributed by atoms with Crippen LogP contribution < -0.4 is 11.0 Å². The molecule has 0 radical (unpaired) electrons. The highest BCUT2D eigenvalue weighted by atomic mass is 31.2. The highest BCUT2D eigenvalue weighted by molar-refractivity contribution is 7.60. The Morgan fingerprint density at radius 1 is 1.18 bits per heavy atom. The largest absolute Gasteiger partial charge is 0.398 e. The molecule has 0 heterocycles. The summed E-state index contributed by atoms with van der Waals surface area (Å²) in [6.07, 6.45) is 0.590. The molecule has 0 atom stereocenters. The highest BCUT2D eigenvalue weighted by Crippen LogP contribution is 2.37. The number of anilines is 1. The van der Waals surface area contributed by atoms with Crippen molar-refractivity contribution in [3.8, 4) is 0 Å². The molecule has 0 amide bonds. The molecule has 17 heavy (non-hydrogen) atoms. The average Bonchev–Trinajstić information content (AvgIpc) is 2.26. The summed E-state index contributed by atoms with van der Waals surface area (Å²) in [6, 6.07) is 7.40. The van der Waals surface area contributed by atoms with Gasteiger partial charge in [-0.2, -0.15) is 0 Å². The van der Waals surface area contributed by atoms with E-state index in [-0.39, 0.29) is 10.9 Å². The van der Waals surface area contributed by atoms with Crippen LogP contribution in [-0.2, 0) is 4.57 Å². The van der Waals surface area contributed by atoms with Gasteiger partial charge in [0.15, 0.2) is 0 Å². The summed E-state index contributed by atoms with van der Waals surface area (Å²) < 4.78 is 11.3. The van der Waals surface area contributed by atoms with Crippen LogP contribution in [0.25, 0.3) is 10.8 Å². The topological polar surface area (TPSA) is 101 Å². The first kappa shape index (κ1) is 11.8. The van der Waals surface area contributed by atoms with Gasteiger partial charge in [0.05, 0.1) is 5.30 Å². The maximum absolute atomic E-state index is 11.3. The first-order valence-electron chi connectivity index (χ1n) is 4.77. The average molecular weight is 251 g/mol. The van der Waals surface area contributed by atoms with E-state index >= 15 is 0 Å². The second-order valence-corrected chi connectivity index (χ2v) is 5.21. The van der Waals surface area contributed by atoms with Crippen molar-refractivity contribution in [2.75, 3.05) is 5.73 Å². The quantitative estimate of drug-likeness (QED) is 0.420. The molecule has 2 aromatic carbocycles. The molecule has 4 N–H and O–H groups in total. The first-order valence-corrected chi connectivity index (χ1v) is 6.38. The van der Waals surface area contributed by atoms with E-state index in [1.807, 2.05) is 0 Å². The highest BCUT2D eigenvalue weighted by Gasteiger charge is 2.20. The number of rotatable bonds is 2. The minimum atomic E-state index is -4.39. The van der Waals surface area contributed by atoms with Gasteiger partial charge in [-0.25, -0.2) is 0 Å². The zero-order valence-corrected chi connectivity index (χ0v) is 9.59. The van der Waals surface area contributed by atoms with Gasteiger partial charge in [0, 0.05) is 16.6 Å². The fraction of sp³-hybridized carbons (Fsp3) is 0. The first-order chi connectivity index (χ1) is 7.93. The molecule has 0 spiro atoms. The van der Waals surface area contributed by atoms with Crippen molar-refractivity contribution in [2.45, 2.75) is 0 Å². The number of carbonyl (C=O) groups is 1. The molecule has 0 fully saturated rings. The van der Waals surface area contributed by atoms with Crippen LogP contribution in [0.15, 0.2) is 30.3 Å². The fourth-order valence-corrected chi connectivity index (χ4v) is 2.52. The van der Waals surface area contributed by atoms with Gasteiger partial charge in [-0.1, -0.05) is 12.1 Å². The lowest BCUT2D eigenvalue weighted by Gasteiger charge is -2.10. The summed E-state index contributed by atoms with van der Waals surface area (Å²) in [5.41, 5.74) is 6.34. The smallest absolute Gasteiger partial charge is 0.356 e. The molecule has 0 aliphatic heterocycles. The second kappa shape index (κ2) is 3.96.